The largest absolute Gasteiger partial charge is 0.394 e. The first-order valence-corrected chi connectivity index (χ1v) is 8.17. The van der Waals surface area contributed by atoms with Crippen molar-refractivity contribution in [3.05, 3.63) is 0 Å². The molecule has 1 aliphatic rings. The summed E-state index contributed by atoms with van der Waals surface area (Å²) < 4.78 is 6.00. The van der Waals surface area contributed by atoms with E-state index in [0.717, 1.165) is 32.4 Å². The fourth-order valence-corrected chi connectivity index (χ4v) is 2.77. The molecule has 1 aliphatic carbocycles. The van der Waals surface area contributed by atoms with E-state index in [1.54, 1.807) is 0 Å². The first-order valence-electron chi connectivity index (χ1n) is 8.17. The zero-order valence-corrected chi connectivity index (χ0v) is 12.9. The Morgan fingerprint density at radius 2 is 1.89 bits per heavy atom. The minimum atomic E-state index is -0.136. The second-order valence-electron chi connectivity index (χ2n) is 6.23. The summed E-state index contributed by atoms with van der Waals surface area (Å²) >= 11 is 0. The van der Waals surface area contributed by atoms with Gasteiger partial charge < -0.3 is 15.2 Å². The van der Waals surface area contributed by atoms with Gasteiger partial charge in [-0.2, -0.15) is 0 Å². The number of rotatable bonds is 9. The lowest BCUT2D eigenvalue weighted by atomic mass is 9.97. The predicted octanol–water partition coefficient (Wildman–Crippen LogP) is 3.26. The Balaban J connectivity index is 2.13. The third kappa shape index (κ3) is 7.28. The van der Waals surface area contributed by atoms with Crippen LogP contribution in [0.15, 0.2) is 0 Å². The van der Waals surface area contributed by atoms with Crippen molar-refractivity contribution in [1.82, 2.24) is 5.32 Å². The first kappa shape index (κ1) is 16.9. The molecule has 1 atom stereocenters. The monoisotopic (exact) mass is 271 g/mol. The topological polar surface area (TPSA) is 41.5 Å². The zero-order valence-electron chi connectivity index (χ0n) is 12.9. The zero-order chi connectivity index (χ0) is 14.0. The van der Waals surface area contributed by atoms with Gasteiger partial charge in [0.2, 0.25) is 0 Å². The molecule has 0 aromatic heterocycles. The second-order valence-corrected chi connectivity index (χ2v) is 6.23. The molecule has 0 aromatic carbocycles. The van der Waals surface area contributed by atoms with Crippen LogP contribution in [0.5, 0.6) is 0 Å². The normalized spacial score (nSPS) is 21.0. The highest BCUT2D eigenvalue weighted by atomic mass is 16.5. The molecule has 1 saturated carbocycles. The third-order valence-electron chi connectivity index (χ3n) is 4.18. The molecule has 0 bridgehead atoms. The van der Waals surface area contributed by atoms with Gasteiger partial charge in [-0.1, -0.05) is 32.6 Å². The third-order valence-corrected chi connectivity index (χ3v) is 4.18. The van der Waals surface area contributed by atoms with Crippen LogP contribution in [-0.2, 0) is 4.74 Å². The van der Waals surface area contributed by atoms with Gasteiger partial charge in [0.05, 0.1) is 12.7 Å². The minimum Gasteiger partial charge on any atom is -0.394 e. The van der Waals surface area contributed by atoms with Crippen LogP contribution in [-0.4, -0.2) is 36.5 Å². The van der Waals surface area contributed by atoms with Gasteiger partial charge in [0.1, 0.15) is 0 Å². The van der Waals surface area contributed by atoms with E-state index in [-0.39, 0.29) is 12.1 Å². The van der Waals surface area contributed by atoms with Gasteiger partial charge in [-0.15, -0.1) is 0 Å². The highest BCUT2D eigenvalue weighted by Gasteiger charge is 2.21. The molecule has 1 fully saturated rings. The molecule has 0 aromatic rings. The summed E-state index contributed by atoms with van der Waals surface area (Å²) in [6, 6.07) is 0. The van der Waals surface area contributed by atoms with Crippen molar-refractivity contribution in [2.24, 2.45) is 0 Å². The van der Waals surface area contributed by atoms with E-state index in [1.807, 2.05) is 0 Å². The Hall–Kier alpha value is -0.120. The Labute approximate surface area is 119 Å². The predicted molar refractivity (Wildman–Crippen MR) is 80.5 cm³/mol. The SMILES string of the molecule is CCCNC(C)(CO)CCCOC1CCCCCC1. The Bertz CT molecular complexity index is 215. The van der Waals surface area contributed by atoms with E-state index >= 15 is 0 Å². The van der Waals surface area contributed by atoms with Gasteiger partial charge in [0, 0.05) is 12.1 Å². The van der Waals surface area contributed by atoms with E-state index in [1.165, 1.54) is 38.5 Å². The van der Waals surface area contributed by atoms with Crippen LogP contribution >= 0.6 is 0 Å². The van der Waals surface area contributed by atoms with Crippen LogP contribution in [0, 0.1) is 0 Å². The molecule has 114 valence electrons. The molecule has 0 heterocycles. The maximum Gasteiger partial charge on any atom is 0.0610 e. The van der Waals surface area contributed by atoms with E-state index in [0.29, 0.717) is 6.10 Å². The molecule has 0 radical (unpaired) electrons. The van der Waals surface area contributed by atoms with Gasteiger partial charge in [0.15, 0.2) is 0 Å². The first-order chi connectivity index (χ1) is 9.20. The van der Waals surface area contributed by atoms with Crippen LogP contribution in [0.3, 0.4) is 0 Å². The summed E-state index contributed by atoms with van der Waals surface area (Å²) in [7, 11) is 0. The van der Waals surface area contributed by atoms with Crippen molar-refractivity contribution in [3.63, 3.8) is 0 Å². The number of hydrogen-bond acceptors (Lipinski definition) is 3. The average Bonchev–Trinajstić information content (AvgIpc) is 2.70. The molecule has 0 aliphatic heterocycles. The maximum absolute atomic E-state index is 9.49. The van der Waals surface area contributed by atoms with E-state index in [9.17, 15) is 5.11 Å². The van der Waals surface area contributed by atoms with E-state index in [4.69, 9.17) is 4.74 Å². The Morgan fingerprint density at radius 1 is 1.21 bits per heavy atom. The van der Waals surface area contributed by atoms with Crippen molar-refractivity contribution >= 4 is 0 Å². The van der Waals surface area contributed by atoms with E-state index in [2.05, 4.69) is 19.2 Å². The number of aliphatic hydroxyl groups is 1. The van der Waals surface area contributed by atoms with Crippen LogP contribution in [0.25, 0.3) is 0 Å². The van der Waals surface area contributed by atoms with Gasteiger partial charge in [-0.25, -0.2) is 0 Å². The number of ether oxygens (including phenoxy) is 1. The number of aliphatic hydroxyl groups excluding tert-OH is 1. The van der Waals surface area contributed by atoms with Crippen molar-refractivity contribution in [3.8, 4) is 0 Å². The maximum atomic E-state index is 9.49. The lowest BCUT2D eigenvalue weighted by molar-refractivity contribution is 0.0354. The highest BCUT2D eigenvalue weighted by molar-refractivity contribution is 4.81. The van der Waals surface area contributed by atoms with Crippen molar-refractivity contribution in [2.45, 2.75) is 83.3 Å². The summed E-state index contributed by atoms with van der Waals surface area (Å²) in [6.45, 7) is 6.28. The van der Waals surface area contributed by atoms with Crippen LogP contribution in [0.4, 0.5) is 0 Å². The lowest BCUT2D eigenvalue weighted by Gasteiger charge is -2.29. The fourth-order valence-electron chi connectivity index (χ4n) is 2.77. The molecule has 19 heavy (non-hydrogen) atoms. The molecule has 2 N–H and O–H groups in total. The number of nitrogens with one attached hydrogen (secondary N) is 1. The second kappa shape index (κ2) is 9.73. The minimum absolute atomic E-state index is 0.136. The van der Waals surface area contributed by atoms with Crippen molar-refractivity contribution in [2.75, 3.05) is 19.8 Å². The smallest absolute Gasteiger partial charge is 0.0610 e. The van der Waals surface area contributed by atoms with Gasteiger partial charge in [-0.05, 0) is 45.6 Å². The molecule has 3 heteroatoms. The summed E-state index contributed by atoms with van der Waals surface area (Å²) in [5.41, 5.74) is -0.136. The summed E-state index contributed by atoms with van der Waals surface area (Å²) in [6.07, 6.45) is 11.5. The highest BCUT2D eigenvalue weighted by Crippen LogP contribution is 2.20. The molecule has 0 amide bonds. The molecular weight excluding hydrogens is 238 g/mol. The van der Waals surface area contributed by atoms with Gasteiger partial charge >= 0.3 is 0 Å². The van der Waals surface area contributed by atoms with Gasteiger partial charge in [-0.3, -0.25) is 0 Å². The number of hydrogen-bond donors (Lipinski definition) is 2. The molecule has 1 unspecified atom stereocenters. The molecule has 1 rings (SSSR count). The molecule has 3 nitrogen and oxygen atoms in total. The van der Waals surface area contributed by atoms with Crippen LogP contribution in [0.2, 0.25) is 0 Å². The van der Waals surface area contributed by atoms with Crippen molar-refractivity contribution in [1.29, 1.82) is 0 Å². The van der Waals surface area contributed by atoms with Crippen LogP contribution in [0.1, 0.15) is 71.6 Å². The van der Waals surface area contributed by atoms with Crippen molar-refractivity contribution < 1.29 is 9.84 Å². The fraction of sp³-hybridized carbons (Fsp3) is 1.00. The summed E-state index contributed by atoms with van der Waals surface area (Å²) in [5, 5.41) is 12.9. The molecular formula is C16H33NO2. The Kier molecular flexibility index (Phi) is 8.67. The van der Waals surface area contributed by atoms with Crippen LogP contribution < -0.4 is 5.32 Å². The standard InChI is InChI=1S/C16H33NO2/c1-3-12-17-16(2,14-18)11-8-13-19-15-9-6-4-5-7-10-15/h15,17-18H,3-14H2,1-2H3. The summed E-state index contributed by atoms with van der Waals surface area (Å²) in [4.78, 5) is 0. The average molecular weight is 271 g/mol. The molecule has 0 spiro atoms. The summed E-state index contributed by atoms with van der Waals surface area (Å²) in [5.74, 6) is 0. The van der Waals surface area contributed by atoms with Gasteiger partial charge in [0.25, 0.3) is 0 Å². The quantitative estimate of drug-likeness (QED) is 0.499. The lowest BCUT2D eigenvalue weighted by Crippen LogP contribution is -2.46. The van der Waals surface area contributed by atoms with E-state index < -0.39 is 0 Å². The molecule has 0 saturated heterocycles. The Morgan fingerprint density at radius 3 is 2.47 bits per heavy atom.